The van der Waals surface area contributed by atoms with Crippen LogP contribution >= 0.6 is 0 Å². The Bertz CT molecular complexity index is 572. The van der Waals surface area contributed by atoms with Gasteiger partial charge >= 0.3 is 0 Å². The van der Waals surface area contributed by atoms with Crippen molar-refractivity contribution in [2.45, 2.75) is 0 Å². The van der Waals surface area contributed by atoms with Gasteiger partial charge in [-0.15, -0.1) is 0 Å². The molecule has 2 aromatic rings. The molecule has 0 bridgehead atoms. The number of ether oxygens (including phenoxy) is 2. The van der Waals surface area contributed by atoms with Crippen molar-refractivity contribution in [2.24, 2.45) is 4.99 Å². The van der Waals surface area contributed by atoms with Crippen LogP contribution in [0.15, 0.2) is 53.5 Å². The van der Waals surface area contributed by atoms with E-state index >= 15 is 0 Å². The van der Waals surface area contributed by atoms with Gasteiger partial charge in [-0.2, -0.15) is 4.99 Å². The lowest BCUT2D eigenvalue weighted by Crippen LogP contribution is -1.86. The molecule has 2 rings (SSSR count). The molecular formula is C14H11NO3. The van der Waals surface area contributed by atoms with Crippen molar-refractivity contribution < 1.29 is 14.3 Å². The maximum atomic E-state index is 10.1. The van der Waals surface area contributed by atoms with Crippen molar-refractivity contribution in [1.29, 1.82) is 0 Å². The normalized spacial score (nSPS) is 9.39. The molecule has 0 aromatic heterocycles. The van der Waals surface area contributed by atoms with Crippen LogP contribution in [-0.2, 0) is 4.79 Å². The molecule has 0 heterocycles. The largest absolute Gasteiger partial charge is 0.497 e. The molecule has 0 aliphatic carbocycles. The zero-order chi connectivity index (χ0) is 12.8. The number of aliphatic imine (C=N–C) groups is 1. The first-order chi connectivity index (χ1) is 8.81. The smallest absolute Gasteiger partial charge is 0.240 e. The van der Waals surface area contributed by atoms with Gasteiger partial charge in [0.1, 0.15) is 17.2 Å². The van der Waals surface area contributed by atoms with E-state index in [2.05, 4.69) is 4.99 Å². The Morgan fingerprint density at radius 1 is 1.00 bits per heavy atom. The Hall–Kier alpha value is -2.58. The van der Waals surface area contributed by atoms with E-state index in [1.807, 2.05) is 18.2 Å². The van der Waals surface area contributed by atoms with Gasteiger partial charge in [0.25, 0.3) is 0 Å². The number of hydrogen-bond acceptors (Lipinski definition) is 4. The van der Waals surface area contributed by atoms with Crippen molar-refractivity contribution in [3.63, 3.8) is 0 Å². The summed E-state index contributed by atoms with van der Waals surface area (Å²) in [6.07, 6.45) is 1.49. The summed E-state index contributed by atoms with van der Waals surface area (Å²) in [7, 11) is 1.60. The van der Waals surface area contributed by atoms with Crippen molar-refractivity contribution >= 4 is 11.8 Å². The SMILES string of the molecule is COc1cccc(Oc2ccc(N=C=O)cc2)c1. The second-order valence-electron chi connectivity index (χ2n) is 3.48. The molecule has 0 atom stereocenters. The highest BCUT2D eigenvalue weighted by atomic mass is 16.5. The zero-order valence-corrected chi connectivity index (χ0v) is 9.79. The van der Waals surface area contributed by atoms with E-state index in [9.17, 15) is 4.79 Å². The number of rotatable bonds is 4. The van der Waals surface area contributed by atoms with Gasteiger partial charge in [-0.3, -0.25) is 0 Å². The molecular weight excluding hydrogens is 230 g/mol. The fourth-order valence-electron chi connectivity index (χ4n) is 1.44. The van der Waals surface area contributed by atoms with E-state index in [0.717, 1.165) is 5.75 Å². The molecule has 0 saturated heterocycles. The Morgan fingerprint density at radius 3 is 2.39 bits per heavy atom. The van der Waals surface area contributed by atoms with Crippen LogP contribution in [0.5, 0.6) is 17.2 Å². The fourth-order valence-corrected chi connectivity index (χ4v) is 1.44. The Kier molecular flexibility index (Phi) is 3.74. The fraction of sp³-hybridized carbons (Fsp3) is 0.0714. The summed E-state index contributed by atoms with van der Waals surface area (Å²) >= 11 is 0. The summed E-state index contributed by atoms with van der Waals surface area (Å²) in [6, 6.07) is 14.1. The van der Waals surface area contributed by atoms with Crippen LogP contribution in [0.3, 0.4) is 0 Å². The zero-order valence-electron chi connectivity index (χ0n) is 9.79. The highest BCUT2D eigenvalue weighted by molar-refractivity contribution is 5.50. The first kappa shape index (κ1) is 11.9. The van der Waals surface area contributed by atoms with Crippen LogP contribution < -0.4 is 9.47 Å². The maximum Gasteiger partial charge on any atom is 0.240 e. The number of benzene rings is 2. The van der Waals surface area contributed by atoms with Crippen molar-refractivity contribution in [3.05, 3.63) is 48.5 Å². The third-order valence-corrected chi connectivity index (χ3v) is 2.29. The molecule has 0 N–H and O–H groups in total. The van der Waals surface area contributed by atoms with Gasteiger partial charge in [-0.05, 0) is 36.4 Å². The van der Waals surface area contributed by atoms with Crippen LogP contribution in [-0.4, -0.2) is 13.2 Å². The van der Waals surface area contributed by atoms with Gasteiger partial charge in [0.15, 0.2) is 0 Å². The van der Waals surface area contributed by atoms with Gasteiger partial charge in [-0.1, -0.05) is 6.07 Å². The minimum absolute atomic E-state index is 0.544. The minimum atomic E-state index is 0.544. The summed E-state index contributed by atoms with van der Waals surface area (Å²) < 4.78 is 10.7. The summed E-state index contributed by atoms with van der Waals surface area (Å²) in [4.78, 5) is 13.6. The average Bonchev–Trinajstić information content (AvgIpc) is 2.42. The van der Waals surface area contributed by atoms with E-state index < -0.39 is 0 Å². The third-order valence-electron chi connectivity index (χ3n) is 2.29. The molecule has 0 amide bonds. The van der Waals surface area contributed by atoms with Crippen molar-refractivity contribution in [3.8, 4) is 17.2 Å². The molecule has 0 saturated carbocycles. The predicted octanol–water partition coefficient (Wildman–Crippen LogP) is 3.45. The Labute approximate surface area is 105 Å². The highest BCUT2D eigenvalue weighted by Gasteiger charge is 1.99. The summed E-state index contributed by atoms with van der Waals surface area (Å²) in [5.74, 6) is 2.07. The lowest BCUT2D eigenvalue weighted by molar-refractivity contribution is 0.409. The molecule has 0 unspecified atom stereocenters. The summed E-state index contributed by atoms with van der Waals surface area (Å²) in [5, 5.41) is 0. The number of nitrogens with zero attached hydrogens (tertiary/aromatic N) is 1. The Balaban J connectivity index is 2.15. The lowest BCUT2D eigenvalue weighted by Gasteiger charge is -2.07. The van der Waals surface area contributed by atoms with Crippen LogP contribution in [0, 0.1) is 0 Å². The number of methoxy groups -OCH3 is 1. The Morgan fingerprint density at radius 2 is 1.72 bits per heavy atom. The molecule has 90 valence electrons. The van der Waals surface area contributed by atoms with Crippen molar-refractivity contribution in [2.75, 3.05) is 7.11 Å². The molecule has 4 heteroatoms. The molecule has 0 aliphatic rings. The van der Waals surface area contributed by atoms with Gasteiger partial charge in [0.05, 0.1) is 12.8 Å². The molecule has 0 aliphatic heterocycles. The van der Waals surface area contributed by atoms with Gasteiger partial charge < -0.3 is 9.47 Å². The first-order valence-electron chi connectivity index (χ1n) is 5.31. The maximum absolute atomic E-state index is 10.1. The molecule has 18 heavy (non-hydrogen) atoms. The molecule has 0 spiro atoms. The third kappa shape index (κ3) is 2.97. The minimum Gasteiger partial charge on any atom is -0.497 e. The standard InChI is InChI=1S/C14H11NO3/c1-17-13-3-2-4-14(9-13)18-12-7-5-11(6-8-12)15-10-16/h2-9H,1H3. The topological polar surface area (TPSA) is 47.9 Å². The van der Waals surface area contributed by atoms with E-state index in [-0.39, 0.29) is 0 Å². The monoisotopic (exact) mass is 241 g/mol. The van der Waals surface area contributed by atoms with E-state index in [4.69, 9.17) is 9.47 Å². The average molecular weight is 241 g/mol. The van der Waals surface area contributed by atoms with Crippen LogP contribution in [0.25, 0.3) is 0 Å². The van der Waals surface area contributed by atoms with E-state index in [1.165, 1.54) is 6.08 Å². The van der Waals surface area contributed by atoms with E-state index in [1.54, 1.807) is 37.4 Å². The second-order valence-corrected chi connectivity index (χ2v) is 3.48. The summed E-state index contributed by atoms with van der Waals surface area (Å²) in [5.41, 5.74) is 0.544. The van der Waals surface area contributed by atoms with E-state index in [0.29, 0.717) is 17.2 Å². The lowest BCUT2D eigenvalue weighted by atomic mass is 10.3. The summed E-state index contributed by atoms with van der Waals surface area (Å²) in [6.45, 7) is 0. The number of hydrogen-bond donors (Lipinski definition) is 0. The van der Waals surface area contributed by atoms with Crippen LogP contribution in [0.4, 0.5) is 5.69 Å². The van der Waals surface area contributed by atoms with Gasteiger partial charge in [0, 0.05) is 6.07 Å². The molecule has 0 fully saturated rings. The van der Waals surface area contributed by atoms with Gasteiger partial charge in [0.2, 0.25) is 6.08 Å². The molecule has 4 nitrogen and oxygen atoms in total. The number of carbonyl (C=O) groups excluding carboxylic acids is 1. The second kappa shape index (κ2) is 5.66. The van der Waals surface area contributed by atoms with Gasteiger partial charge in [-0.25, -0.2) is 4.79 Å². The number of isocyanates is 1. The molecule has 0 radical (unpaired) electrons. The quantitative estimate of drug-likeness (QED) is 0.608. The highest BCUT2D eigenvalue weighted by Crippen LogP contribution is 2.26. The van der Waals surface area contributed by atoms with Crippen molar-refractivity contribution in [1.82, 2.24) is 0 Å². The van der Waals surface area contributed by atoms with Crippen LogP contribution in [0.1, 0.15) is 0 Å². The first-order valence-corrected chi connectivity index (χ1v) is 5.31. The van der Waals surface area contributed by atoms with Crippen LogP contribution in [0.2, 0.25) is 0 Å². The molecule has 2 aromatic carbocycles. The predicted molar refractivity (Wildman–Crippen MR) is 67.3 cm³/mol.